The van der Waals surface area contributed by atoms with Crippen molar-refractivity contribution in [1.82, 2.24) is 9.97 Å². The quantitative estimate of drug-likeness (QED) is 0.303. The van der Waals surface area contributed by atoms with Crippen LogP contribution in [0.3, 0.4) is 0 Å². The summed E-state index contributed by atoms with van der Waals surface area (Å²) in [6.45, 7) is 4.19. The second kappa shape index (κ2) is 9.95. The molecule has 0 aliphatic carbocycles. The molecule has 3 aromatic rings. The topological polar surface area (TPSA) is 93.3 Å². The van der Waals surface area contributed by atoms with E-state index in [1.165, 1.54) is 11.8 Å². The van der Waals surface area contributed by atoms with Gasteiger partial charge < -0.3 is 19.8 Å². The molecule has 2 aromatic carbocycles. The van der Waals surface area contributed by atoms with Crippen molar-refractivity contribution in [3.8, 4) is 5.75 Å². The Hall–Kier alpha value is -3.52. The van der Waals surface area contributed by atoms with Crippen LogP contribution < -0.4 is 15.6 Å². The van der Waals surface area contributed by atoms with E-state index in [1.54, 1.807) is 13.8 Å². The van der Waals surface area contributed by atoms with Crippen molar-refractivity contribution in [2.75, 3.05) is 18.2 Å². The van der Waals surface area contributed by atoms with Gasteiger partial charge >= 0.3 is 5.97 Å². The maximum Gasteiger partial charge on any atom is 0.336 e. The highest BCUT2D eigenvalue weighted by molar-refractivity contribution is 7.98. The predicted octanol–water partition coefficient (Wildman–Crippen LogP) is 4.47. The van der Waals surface area contributed by atoms with Crippen LogP contribution in [-0.4, -0.2) is 28.8 Å². The number of thioether (sulfide) groups is 1. The van der Waals surface area contributed by atoms with E-state index in [0.29, 0.717) is 40.2 Å². The molecule has 0 amide bonds. The SMILES string of the molecule is CCOC(=O)C1=C(C)Nc2nc(SC)[nH]c(=O)c2C1c1cccc(OCc2ccccc2)c1. The van der Waals surface area contributed by atoms with E-state index >= 15 is 0 Å². The van der Waals surface area contributed by atoms with E-state index < -0.39 is 11.9 Å². The number of rotatable bonds is 7. The largest absolute Gasteiger partial charge is 0.489 e. The number of hydrogen-bond acceptors (Lipinski definition) is 7. The maximum absolute atomic E-state index is 13.1. The zero-order chi connectivity index (χ0) is 23.4. The van der Waals surface area contributed by atoms with E-state index in [2.05, 4.69) is 15.3 Å². The van der Waals surface area contributed by atoms with Crippen LogP contribution in [0, 0.1) is 0 Å². The van der Waals surface area contributed by atoms with Gasteiger partial charge in [0, 0.05) is 5.70 Å². The fourth-order valence-electron chi connectivity index (χ4n) is 3.87. The second-order valence-electron chi connectivity index (χ2n) is 7.50. The number of carbonyl (C=O) groups excluding carboxylic acids is 1. The molecule has 1 unspecified atom stereocenters. The minimum atomic E-state index is -0.646. The number of nitrogens with one attached hydrogen (secondary N) is 2. The highest BCUT2D eigenvalue weighted by atomic mass is 32.2. The van der Waals surface area contributed by atoms with E-state index in [1.807, 2.05) is 60.9 Å². The first-order chi connectivity index (χ1) is 16.0. The van der Waals surface area contributed by atoms with Gasteiger partial charge in [-0.15, -0.1) is 0 Å². The molecule has 0 spiro atoms. The van der Waals surface area contributed by atoms with Gasteiger partial charge in [0.1, 0.15) is 18.2 Å². The molecule has 1 aliphatic heterocycles. The molecule has 0 radical (unpaired) electrons. The fourth-order valence-corrected chi connectivity index (χ4v) is 4.24. The zero-order valence-electron chi connectivity index (χ0n) is 18.7. The minimum Gasteiger partial charge on any atom is -0.489 e. The predicted molar refractivity (Wildman–Crippen MR) is 129 cm³/mol. The molecule has 1 atom stereocenters. The fraction of sp³-hybridized carbons (Fsp3) is 0.240. The average molecular weight is 464 g/mol. The Kier molecular flexibility index (Phi) is 6.84. The van der Waals surface area contributed by atoms with Gasteiger partial charge in [0.2, 0.25) is 0 Å². The number of aromatic nitrogens is 2. The average Bonchev–Trinajstić information content (AvgIpc) is 2.82. The molecule has 0 saturated heterocycles. The van der Waals surface area contributed by atoms with E-state index in [0.717, 1.165) is 11.1 Å². The Morgan fingerprint density at radius 3 is 2.67 bits per heavy atom. The van der Waals surface area contributed by atoms with Gasteiger partial charge in [-0.1, -0.05) is 54.2 Å². The van der Waals surface area contributed by atoms with Gasteiger partial charge in [0.05, 0.1) is 23.7 Å². The maximum atomic E-state index is 13.1. The van der Waals surface area contributed by atoms with Crippen LogP contribution in [0.15, 0.2) is 75.8 Å². The smallest absolute Gasteiger partial charge is 0.336 e. The minimum absolute atomic E-state index is 0.232. The van der Waals surface area contributed by atoms with Crippen molar-refractivity contribution < 1.29 is 14.3 Å². The molecular formula is C25H25N3O4S. The van der Waals surface area contributed by atoms with Crippen LogP contribution in [0.4, 0.5) is 5.82 Å². The normalized spacial score (nSPS) is 14.9. The lowest BCUT2D eigenvalue weighted by atomic mass is 9.82. The molecule has 33 heavy (non-hydrogen) atoms. The van der Waals surface area contributed by atoms with Gasteiger partial charge in [-0.25, -0.2) is 9.78 Å². The first-order valence-electron chi connectivity index (χ1n) is 10.6. The number of hydrogen-bond donors (Lipinski definition) is 2. The van der Waals surface area contributed by atoms with Crippen LogP contribution >= 0.6 is 11.8 Å². The van der Waals surface area contributed by atoms with Gasteiger partial charge in [0.25, 0.3) is 5.56 Å². The van der Waals surface area contributed by atoms with Gasteiger partial charge in [0.15, 0.2) is 5.16 Å². The number of nitrogens with zero attached hydrogens (tertiary/aromatic N) is 1. The van der Waals surface area contributed by atoms with Crippen molar-refractivity contribution in [3.05, 3.63) is 92.9 Å². The highest BCUT2D eigenvalue weighted by Gasteiger charge is 2.36. The summed E-state index contributed by atoms with van der Waals surface area (Å²) in [6.07, 6.45) is 1.84. The van der Waals surface area contributed by atoms with Crippen LogP contribution in [0.25, 0.3) is 0 Å². The van der Waals surface area contributed by atoms with Crippen LogP contribution in [-0.2, 0) is 16.1 Å². The lowest BCUT2D eigenvalue weighted by Crippen LogP contribution is -2.31. The monoisotopic (exact) mass is 463 g/mol. The van der Waals surface area contributed by atoms with Crippen molar-refractivity contribution in [3.63, 3.8) is 0 Å². The third-order valence-corrected chi connectivity index (χ3v) is 5.93. The Morgan fingerprint density at radius 1 is 1.15 bits per heavy atom. The summed E-state index contributed by atoms with van der Waals surface area (Å²) in [4.78, 5) is 33.4. The Morgan fingerprint density at radius 2 is 1.94 bits per heavy atom. The van der Waals surface area contributed by atoms with Crippen molar-refractivity contribution in [2.45, 2.75) is 31.5 Å². The summed E-state index contributed by atoms with van der Waals surface area (Å²) in [7, 11) is 0. The first kappa shape index (κ1) is 22.7. The van der Waals surface area contributed by atoms with Crippen LogP contribution in [0.2, 0.25) is 0 Å². The molecule has 0 saturated carbocycles. The van der Waals surface area contributed by atoms with Crippen molar-refractivity contribution in [1.29, 1.82) is 0 Å². The number of esters is 1. The third-order valence-electron chi connectivity index (χ3n) is 5.35. The number of benzene rings is 2. The van der Waals surface area contributed by atoms with Gasteiger partial charge in [-0.2, -0.15) is 0 Å². The summed E-state index contributed by atoms with van der Waals surface area (Å²) in [5, 5.41) is 3.63. The molecule has 4 rings (SSSR count). The zero-order valence-corrected chi connectivity index (χ0v) is 19.5. The number of ether oxygens (including phenoxy) is 2. The molecular weight excluding hydrogens is 438 g/mol. The molecule has 0 fully saturated rings. The molecule has 1 aromatic heterocycles. The first-order valence-corrected chi connectivity index (χ1v) is 11.8. The standard InChI is InChI=1S/C25H25N3O4S/c1-4-31-24(30)19-15(2)26-22-21(23(29)28-25(27-22)33-3)20(19)17-11-8-12-18(13-17)32-14-16-9-6-5-7-10-16/h5-13,20H,4,14H2,1-3H3,(H2,26,27,28,29). The lowest BCUT2D eigenvalue weighted by molar-refractivity contribution is -0.138. The number of fused-ring (bicyclic) bond motifs is 1. The third kappa shape index (κ3) is 4.80. The number of carbonyl (C=O) groups is 1. The molecule has 0 bridgehead atoms. The number of anilines is 1. The molecule has 8 heteroatoms. The number of aromatic amines is 1. The number of allylic oxidation sites excluding steroid dienone is 1. The van der Waals surface area contributed by atoms with Crippen molar-refractivity contribution in [2.24, 2.45) is 0 Å². The van der Waals surface area contributed by atoms with E-state index in [9.17, 15) is 9.59 Å². The molecule has 2 N–H and O–H groups in total. The summed E-state index contributed by atoms with van der Waals surface area (Å²) in [6, 6.07) is 17.3. The molecule has 170 valence electrons. The van der Waals surface area contributed by atoms with E-state index in [-0.39, 0.29) is 12.2 Å². The Balaban J connectivity index is 1.78. The Bertz CT molecular complexity index is 1250. The van der Waals surface area contributed by atoms with Crippen LogP contribution in [0.5, 0.6) is 5.75 Å². The lowest BCUT2D eigenvalue weighted by Gasteiger charge is -2.29. The summed E-state index contributed by atoms with van der Waals surface area (Å²) in [5.74, 6) is -0.0356. The molecule has 2 heterocycles. The summed E-state index contributed by atoms with van der Waals surface area (Å²) >= 11 is 1.34. The summed E-state index contributed by atoms with van der Waals surface area (Å²) < 4.78 is 11.3. The second-order valence-corrected chi connectivity index (χ2v) is 8.30. The highest BCUT2D eigenvalue weighted by Crippen LogP contribution is 2.40. The van der Waals surface area contributed by atoms with Crippen LogP contribution in [0.1, 0.15) is 36.5 Å². The van der Waals surface area contributed by atoms with Crippen molar-refractivity contribution >= 4 is 23.5 Å². The summed E-state index contributed by atoms with van der Waals surface area (Å²) in [5.41, 5.74) is 2.85. The van der Waals surface area contributed by atoms with E-state index in [4.69, 9.17) is 9.47 Å². The number of H-pyrrole nitrogens is 1. The molecule has 1 aliphatic rings. The van der Waals surface area contributed by atoms with Gasteiger partial charge in [-0.05, 0) is 43.4 Å². The van der Waals surface area contributed by atoms with Gasteiger partial charge in [-0.3, -0.25) is 4.79 Å². The Labute approximate surface area is 196 Å². The molecule has 7 nitrogen and oxygen atoms in total.